The highest BCUT2D eigenvalue weighted by atomic mass is 16.2. The monoisotopic (exact) mass is 370 g/mol. The van der Waals surface area contributed by atoms with E-state index in [-0.39, 0.29) is 29.6 Å². The third-order valence-corrected chi connectivity index (χ3v) is 5.62. The number of aromatic nitrogens is 2. The van der Waals surface area contributed by atoms with E-state index in [1.807, 2.05) is 46.1 Å². The number of carbonyl (C=O) groups is 1. The Morgan fingerprint density at radius 2 is 2.04 bits per heavy atom. The summed E-state index contributed by atoms with van der Waals surface area (Å²) in [6.45, 7) is 8.02. The molecule has 0 aromatic carbocycles. The zero-order valence-corrected chi connectivity index (χ0v) is 16.9. The number of amides is 2. The minimum atomic E-state index is -0.130. The van der Waals surface area contributed by atoms with Gasteiger partial charge < -0.3 is 15.2 Å². The first-order chi connectivity index (χ1) is 12.8. The molecule has 0 bridgehead atoms. The van der Waals surface area contributed by atoms with E-state index in [1.165, 1.54) is 0 Å². The van der Waals surface area contributed by atoms with E-state index in [9.17, 15) is 9.59 Å². The molecule has 2 N–H and O–H groups in total. The highest BCUT2D eigenvalue weighted by Crippen LogP contribution is 2.37. The van der Waals surface area contributed by atoms with Crippen LogP contribution in [0.5, 0.6) is 0 Å². The zero-order valence-electron chi connectivity index (χ0n) is 16.9. The Balaban J connectivity index is 1.90. The van der Waals surface area contributed by atoms with Crippen LogP contribution >= 0.6 is 0 Å². The van der Waals surface area contributed by atoms with Crippen LogP contribution in [0.1, 0.15) is 57.2 Å². The summed E-state index contributed by atoms with van der Waals surface area (Å²) in [7, 11) is 1.83. The van der Waals surface area contributed by atoms with Crippen LogP contribution in [0.2, 0.25) is 0 Å². The van der Waals surface area contributed by atoms with E-state index in [1.54, 1.807) is 4.57 Å². The maximum atomic E-state index is 13.1. The Morgan fingerprint density at radius 1 is 1.30 bits per heavy atom. The number of nitrogens with zero attached hydrogens (tertiary/aromatic N) is 2. The fourth-order valence-corrected chi connectivity index (χ4v) is 4.13. The second-order valence-corrected chi connectivity index (χ2v) is 8.21. The highest BCUT2D eigenvalue weighted by molar-refractivity contribution is 5.79. The van der Waals surface area contributed by atoms with Crippen LogP contribution in [0.3, 0.4) is 0 Å². The van der Waals surface area contributed by atoms with E-state index in [2.05, 4.69) is 22.5 Å². The SMILES string of the molecule is Cc1cc2c(cn1)cc(C1CC(NC(=O)NC(C)C)CCC1C)c(=O)n2C. The van der Waals surface area contributed by atoms with Crippen molar-refractivity contribution in [2.45, 2.75) is 65.0 Å². The fourth-order valence-electron chi connectivity index (χ4n) is 4.13. The Bertz CT molecular complexity index is 903. The van der Waals surface area contributed by atoms with Crippen molar-refractivity contribution in [1.82, 2.24) is 20.2 Å². The molecule has 1 saturated carbocycles. The van der Waals surface area contributed by atoms with Gasteiger partial charge in [-0.25, -0.2) is 4.79 Å². The molecular formula is C21H30N4O2. The van der Waals surface area contributed by atoms with Crippen molar-refractivity contribution in [2.24, 2.45) is 13.0 Å². The summed E-state index contributed by atoms with van der Waals surface area (Å²) in [5, 5.41) is 6.94. The number of carbonyl (C=O) groups excluding carboxylic acids is 1. The Morgan fingerprint density at radius 3 is 2.74 bits per heavy atom. The molecule has 3 rings (SSSR count). The van der Waals surface area contributed by atoms with Gasteiger partial charge in [0.15, 0.2) is 0 Å². The van der Waals surface area contributed by atoms with Gasteiger partial charge in [-0.1, -0.05) is 6.92 Å². The third-order valence-electron chi connectivity index (χ3n) is 5.62. The molecule has 2 heterocycles. The van der Waals surface area contributed by atoms with Crippen LogP contribution in [0.15, 0.2) is 23.1 Å². The van der Waals surface area contributed by atoms with Crippen LogP contribution in [0, 0.1) is 12.8 Å². The molecule has 0 aliphatic heterocycles. The average molecular weight is 370 g/mol. The summed E-state index contributed by atoms with van der Waals surface area (Å²) in [5.74, 6) is 0.535. The molecule has 0 spiro atoms. The minimum Gasteiger partial charge on any atom is -0.336 e. The Hall–Kier alpha value is -2.37. The van der Waals surface area contributed by atoms with Gasteiger partial charge in [0.2, 0.25) is 0 Å². The second kappa shape index (κ2) is 7.71. The zero-order chi connectivity index (χ0) is 19.7. The molecule has 0 radical (unpaired) electrons. The van der Waals surface area contributed by atoms with E-state index in [0.29, 0.717) is 5.92 Å². The maximum absolute atomic E-state index is 13.1. The van der Waals surface area contributed by atoms with Crippen molar-refractivity contribution in [3.8, 4) is 0 Å². The van der Waals surface area contributed by atoms with Gasteiger partial charge >= 0.3 is 6.03 Å². The summed E-state index contributed by atoms with van der Waals surface area (Å²) in [4.78, 5) is 29.5. The van der Waals surface area contributed by atoms with E-state index in [4.69, 9.17) is 0 Å². The molecule has 3 unspecified atom stereocenters. The number of urea groups is 1. The van der Waals surface area contributed by atoms with Gasteiger partial charge in [0.1, 0.15) is 0 Å². The maximum Gasteiger partial charge on any atom is 0.315 e. The van der Waals surface area contributed by atoms with Gasteiger partial charge in [-0.15, -0.1) is 0 Å². The first-order valence-corrected chi connectivity index (χ1v) is 9.79. The lowest BCUT2D eigenvalue weighted by molar-refractivity contribution is 0.220. The van der Waals surface area contributed by atoms with Gasteiger partial charge in [0, 0.05) is 42.0 Å². The molecule has 2 amide bonds. The number of fused-ring (bicyclic) bond motifs is 1. The lowest BCUT2D eigenvalue weighted by Gasteiger charge is -2.35. The van der Waals surface area contributed by atoms with Crippen molar-refractivity contribution in [1.29, 1.82) is 0 Å². The quantitative estimate of drug-likeness (QED) is 0.871. The topological polar surface area (TPSA) is 76.0 Å². The fraction of sp³-hybridized carbons (Fsp3) is 0.571. The molecule has 27 heavy (non-hydrogen) atoms. The van der Waals surface area contributed by atoms with Crippen LogP contribution in [0.25, 0.3) is 10.9 Å². The van der Waals surface area contributed by atoms with Crippen molar-refractivity contribution in [3.05, 3.63) is 39.9 Å². The first kappa shape index (κ1) is 19.4. The minimum absolute atomic E-state index is 0.0530. The Kier molecular flexibility index (Phi) is 5.53. The molecule has 6 nitrogen and oxygen atoms in total. The number of hydrogen-bond donors (Lipinski definition) is 2. The lowest BCUT2D eigenvalue weighted by Crippen LogP contribution is -2.47. The molecule has 146 valence electrons. The molecule has 0 saturated heterocycles. The largest absolute Gasteiger partial charge is 0.336 e. The summed E-state index contributed by atoms with van der Waals surface area (Å²) >= 11 is 0. The van der Waals surface area contributed by atoms with Gasteiger partial charge in [0.25, 0.3) is 5.56 Å². The number of nitrogens with one attached hydrogen (secondary N) is 2. The molecule has 6 heteroatoms. The number of hydrogen-bond acceptors (Lipinski definition) is 3. The van der Waals surface area contributed by atoms with Crippen LogP contribution < -0.4 is 16.2 Å². The molecule has 2 aromatic heterocycles. The van der Waals surface area contributed by atoms with Crippen LogP contribution in [0.4, 0.5) is 4.79 Å². The molecule has 2 aromatic rings. The van der Waals surface area contributed by atoms with Gasteiger partial charge in [0.05, 0.1) is 5.52 Å². The predicted octanol–water partition coefficient (Wildman–Crippen LogP) is 3.22. The molecule has 3 atom stereocenters. The van der Waals surface area contributed by atoms with Crippen molar-refractivity contribution in [3.63, 3.8) is 0 Å². The van der Waals surface area contributed by atoms with E-state index in [0.717, 1.165) is 41.4 Å². The van der Waals surface area contributed by atoms with E-state index < -0.39 is 0 Å². The number of rotatable bonds is 3. The molecule has 1 fully saturated rings. The third kappa shape index (κ3) is 4.15. The van der Waals surface area contributed by atoms with Crippen LogP contribution in [-0.2, 0) is 7.05 Å². The van der Waals surface area contributed by atoms with Crippen molar-refractivity contribution < 1.29 is 4.79 Å². The summed E-state index contributed by atoms with van der Waals surface area (Å²) in [5.41, 5.74) is 2.69. The number of aryl methyl sites for hydroxylation is 2. The predicted molar refractivity (Wildman–Crippen MR) is 108 cm³/mol. The van der Waals surface area contributed by atoms with Gasteiger partial charge in [-0.3, -0.25) is 9.78 Å². The summed E-state index contributed by atoms with van der Waals surface area (Å²) in [6.07, 6.45) is 4.56. The number of pyridine rings is 2. The Labute approximate surface area is 160 Å². The summed E-state index contributed by atoms with van der Waals surface area (Å²) < 4.78 is 1.73. The van der Waals surface area contributed by atoms with Gasteiger partial charge in [-0.2, -0.15) is 0 Å². The molecule has 1 aliphatic carbocycles. The second-order valence-electron chi connectivity index (χ2n) is 8.21. The average Bonchev–Trinajstić information content (AvgIpc) is 2.60. The smallest absolute Gasteiger partial charge is 0.315 e. The lowest BCUT2D eigenvalue weighted by atomic mass is 9.74. The summed E-state index contributed by atoms with van der Waals surface area (Å²) in [6, 6.07) is 4.01. The first-order valence-electron chi connectivity index (χ1n) is 9.79. The van der Waals surface area contributed by atoms with E-state index >= 15 is 0 Å². The standard InChI is InChI=1S/C21H30N4O2/c1-12(2)23-21(27)24-16-7-6-13(3)17(10-16)18-9-15-11-22-14(4)8-19(15)25(5)20(18)26/h8-9,11-13,16-17H,6-7,10H2,1-5H3,(H2,23,24,27). The molecular weight excluding hydrogens is 340 g/mol. The van der Waals surface area contributed by atoms with Crippen LogP contribution in [-0.4, -0.2) is 27.7 Å². The molecule has 1 aliphatic rings. The highest BCUT2D eigenvalue weighted by Gasteiger charge is 2.32. The van der Waals surface area contributed by atoms with Crippen molar-refractivity contribution in [2.75, 3.05) is 0 Å². The van der Waals surface area contributed by atoms with Gasteiger partial charge in [-0.05, 0) is 64.0 Å². The van der Waals surface area contributed by atoms with Crippen molar-refractivity contribution >= 4 is 16.9 Å². The normalized spacial score (nSPS) is 22.8.